The first kappa shape index (κ1) is 9.59. The molecule has 3 N–H and O–H groups in total. The van der Waals surface area contributed by atoms with Crippen molar-refractivity contribution >= 4 is 6.01 Å². The van der Waals surface area contributed by atoms with Crippen LogP contribution in [-0.4, -0.2) is 26.9 Å². The Balaban J connectivity index is 1.78. The minimum Gasteiger partial charge on any atom is -0.407 e. The fourth-order valence-corrected chi connectivity index (χ4v) is 0.991. The van der Waals surface area contributed by atoms with Gasteiger partial charge in [0.25, 0.3) is 0 Å². The molecule has 0 amide bonds. The largest absolute Gasteiger partial charge is 0.407 e. The summed E-state index contributed by atoms with van der Waals surface area (Å²) in [5, 5.41) is 14.0. The molecule has 0 aliphatic carbocycles. The molecule has 0 aliphatic heterocycles. The Hall–Kier alpha value is -1.96. The summed E-state index contributed by atoms with van der Waals surface area (Å²) in [7, 11) is 0. The zero-order valence-electron chi connectivity index (χ0n) is 7.88. The van der Waals surface area contributed by atoms with Gasteiger partial charge in [-0.15, -0.1) is 5.10 Å². The second kappa shape index (κ2) is 4.51. The molecular formula is C7H10N6O2. The number of nitrogens with zero attached hydrogens (tertiary/aromatic N) is 4. The molecule has 2 heterocycles. The molecule has 0 unspecified atom stereocenters. The molecule has 0 saturated carbocycles. The van der Waals surface area contributed by atoms with Crippen LogP contribution in [0.2, 0.25) is 0 Å². The summed E-state index contributed by atoms with van der Waals surface area (Å²) in [4.78, 5) is 3.86. The average molecular weight is 210 g/mol. The molecule has 2 aromatic rings. The summed E-state index contributed by atoms with van der Waals surface area (Å²) in [5.74, 6) is 1.03. The minimum atomic E-state index is 0.236. The highest BCUT2D eigenvalue weighted by molar-refractivity contribution is 5.16. The monoisotopic (exact) mass is 210 g/mol. The molecule has 15 heavy (non-hydrogen) atoms. The third-order valence-electron chi connectivity index (χ3n) is 1.67. The van der Waals surface area contributed by atoms with Crippen LogP contribution in [0, 0.1) is 0 Å². The van der Waals surface area contributed by atoms with E-state index in [-0.39, 0.29) is 6.54 Å². The van der Waals surface area contributed by atoms with Crippen molar-refractivity contribution in [3.63, 3.8) is 0 Å². The van der Waals surface area contributed by atoms with Gasteiger partial charge in [-0.1, -0.05) is 10.3 Å². The lowest BCUT2D eigenvalue weighted by Crippen LogP contribution is -2.06. The number of hydrogen-bond acceptors (Lipinski definition) is 8. The predicted octanol–water partition coefficient (Wildman–Crippen LogP) is -0.434. The van der Waals surface area contributed by atoms with E-state index in [1.165, 1.54) is 6.39 Å². The molecule has 0 saturated heterocycles. The van der Waals surface area contributed by atoms with E-state index >= 15 is 0 Å². The fourth-order valence-electron chi connectivity index (χ4n) is 0.991. The van der Waals surface area contributed by atoms with Crippen molar-refractivity contribution in [1.82, 2.24) is 20.3 Å². The Bertz CT molecular complexity index is 397. The second-order valence-corrected chi connectivity index (χ2v) is 2.73. The zero-order chi connectivity index (χ0) is 10.5. The van der Waals surface area contributed by atoms with Gasteiger partial charge in [0.05, 0.1) is 6.54 Å². The lowest BCUT2D eigenvalue weighted by molar-refractivity contribution is 0.410. The van der Waals surface area contributed by atoms with Gasteiger partial charge in [-0.05, 0) is 0 Å². The smallest absolute Gasteiger partial charge is 0.315 e. The van der Waals surface area contributed by atoms with E-state index in [0.29, 0.717) is 30.7 Å². The fraction of sp³-hybridized carbons (Fsp3) is 0.429. The SMILES string of the molecule is NCc1nnc(NCCc2ncon2)o1. The van der Waals surface area contributed by atoms with Crippen molar-refractivity contribution in [3.8, 4) is 0 Å². The van der Waals surface area contributed by atoms with Crippen LogP contribution in [0.5, 0.6) is 0 Å². The summed E-state index contributed by atoms with van der Waals surface area (Å²) < 4.78 is 9.71. The van der Waals surface area contributed by atoms with Gasteiger partial charge in [-0.3, -0.25) is 0 Å². The number of nitrogens with one attached hydrogen (secondary N) is 1. The first-order chi connectivity index (χ1) is 7.38. The van der Waals surface area contributed by atoms with Crippen molar-refractivity contribution in [2.24, 2.45) is 5.73 Å². The summed E-state index contributed by atoms with van der Waals surface area (Å²) >= 11 is 0. The van der Waals surface area contributed by atoms with Crippen LogP contribution in [0.1, 0.15) is 11.7 Å². The molecule has 0 spiro atoms. The highest BCUT2D eigenvalue weighted by Crippen LogP contribution is 2.04. The Morgan fingerprint density at radius 3 is 3.00 bits per heavy atom. The summed E-state index contributed by atoms with van der Waals surface area (Å²) in [5.41, 5.74) is 5.31. The maximum absolute atomic E-state index is 5.31. The molecule has 0 aliphatic rings. The van der Waals surface area contributed by atoms with E-state index in [0.717, 1.165) is 0 Å². The summed E-state index contributed by atoms with van der Waals surface area (Å²) in [6.07, 6.45) is 1.91. The van der Waals surface area contributed by atoms with Crippen molar-refractivity contribution in [2.45, 2.75) is 13.0 Å². The van der Waals surface area contributed by atoms with Crippen molar-refractivity contribution in [3.05, 3.63) is 18.1 Å². The standard InChI is InChI=1S/C7H10N6O2/c8-3-6-11-12-7(15-6)9-2-1-5-10-4-14-13-5/h4H,1-3,8H2,(H,9,12). The van der Waals surface area contributed by atoms with Crippen molar-refractivity contribution in [2.75, 3.05) is 11.9 Å². The average Bonchev–Trinajstić information content (AvgIpc) is 2.88. The topological polar surface area (TPSA) is 116 Å². The summed E-state index contributed by atoms with van der Waals surface area (Å²) in [6, 6.07) is 0.346. The van der Waals surface area contributed by atoms with Crippen molar-refractivity contribution < 1.29 is 8.94 Å². The van der Waals surface area contributed by atoms with Crippen LogP contribution in [-0.2, 0) is 13.0 Å². The Kier molecular flexibility index (Phi) is 2.88. The lowest BCUT2D eigenvalue weighted by Gasteiger charge is -1.96. The van der Waals surface area contributed by atoms with E-state index in [9.17, 15) is 0 Å². The van der Waals surface area contributed by atoms with E-state index in [2.05, 4.69) is 30.2 Å². The molecule has 8 nitrogen and oxygen atoms in total. The van der Waals surface area contributed by atoms with Gasteiger partial charge in [-0.25, -0.2) is 0 Å². The molecule has 0 atom stereocenters. The van der Waals surface area contributed by atoms with Gasteiger partial charge in [-0.2, -0.15) is 4.98 Å². The first-order valence-electron chi connectivity index (χ1n) is 4.40. The normalized spacial score (nSPS) is 10.5. The maximum Gasteiger partial charge on any atom is 0.315 e. The molecule has 8 heteroatoms. The van der Waals surface area contributed by atoms with Gasteiger partial charge in [0.15, 0.2) is 5.82 Å². The van der Waals surface area contributed by atoms with Crippen LogP contribution < -0.4 is 11.1 Å². The van der Waals surface area contributed by atoms with E-state index < -0.39 is 0 Å². The third-order valence-corrected chi connectivity index (χ3v) is 1.67. The van der Waals surface area contributed by atoms with Gasteiger partial charge >= 0.3 is 6.01 Å². The van der Waals surface area contributed by atoms with E-state index in [1.807, 2.05) is 0 Å². The Labute approximate surface area is 84.9 Å². The van der Waals surface area contributed by atoms with Gasteiger partial charge in [0.2, 0.25) is 12.3 Å². The van der Waals surface area contributed by atoms with Gasteiger partial charge in [0.1, 0.15) is 0 Å². The zero-order valence-corrected chi connectivity index (χ0v) is 7.88. The molecule has 80 valence electrons. The molecule has 0 radical (unpaired) electrons. The van der Waals surface area contributed by atoms with E-state index in [1.54, 1.807) is 0 Å². The number of rotatable bonds is 5. The van der Waals surface area contributed by atoms with Crippen LogP contribution in [0.25, 0.3) is 0 Å². The molecule has 2 rings (SSSR count). The quantitative estimate of drug-likeness (QED) is 0.682. The lowest BCUT2D eigenvalue weighted by atomic mass is 10.4. The third kappa shape index (κ3) is 2.50. The highest BCUT2D eigenvalue weighted by Gasteiger charge is 2.04. The Morgan fingerprint density at radius 2 is 2.33 bits per heavy atom. The molecular weight excluding hydrogens is 200 g/mol. The highest BCUT2D eigenvalue weighted by atomic mass is 16.5. The van der Waals surface area contributed by atoms with Gasteiger partial charge in [0, 0.05) is 13.0 Å². The van der Waals surface area contributed by atoms with Crippen molar-refractivity contribution in [1.29, 1.82) is 0 Å². The summed E-state index contributed by atoms with van der Waals surface area (Å²) in [6.45, 7) is 0.825. The first-order valence-corrected chi connectivity index (χ1v) is 4.40. The number of anilines is 1. The minimum absolute atomic E-state index is 0.236. The molecule has 0 fully saturated rings. The van der Waals surface area contributed by atoms with Gasteiger partial charge < -0.3 is 20.0 Å². The van der Waals surface area contributed by atoms with Crippen LogP contribution in [0.3, 0.4) is 0 Å². The second-order valence-electron chi connectivity index (χ2n) is 2.73. The number of nitrogens with two attached hydrogens (primary N) is 1. The molecule has 2 aromatic heterocycles. The van der Waals surface area contributed by atoms with E-state index in [4.69, 9.17) is 10.2 Å². The maximum atomic E-state index is 5.31. The molecule has 0 bridgehead atoms. The number of hydrogen-bond donors (Lipinski definition) is 2. The predicted molar refractivity (Wildman–Crippen MR) is 48.7 cm³/mol. The van der Waals surface area contributed by atoms with Crippen LogP contribution in [0.15, 0.2) is 15.3 Å². The molecule has 0 aromatic carbocycles. The van der Waals surface area contributed by atoms with Crippen LogP contribution >= 0.6 is 0 Å². The Morgan fingerprint density at radius 1 is 1.40 bits per heavy atom. The van der Waals surface area contributed by atoms with Crippen LogP contribution in [0.4, 0.5) is 6.01 Å². The number of aromatic nitrogens is 4.